The lowest BCUT2D eigenvalue weighted by Crippen LogP contribution is -2.30. The Morgan fingerprint density at radius 2 is 1.62 bits per heavy atom. The van der Waals surface area contributed by atoms with Crippen molar-refractivity contribution < 1.29 is 4.79 Å². The van der Waals surface area contributed by atoms with Gasteiger partial charge >= 0.3 is 0 Å². The molecule has 0 saturated carbocycles. The number of hydrogen-bond donors (Lipinski definition) is 1. The fraction of sp³-hybridized carbons (Fsp3) is 0.192. The molecule has 0 aliphatic carbocycles. The number of carbonyl (C=O) groups is 1. The second-order valence-electron chi connectivity index (χ2n) is 7.67. The second kappa shape index (κ2) is 7.25. The summed E-state index contributed by atoms with van der Waals surface area (Å²) in [4.78, 5) is 19.0. The van der Waals surface area contributed by atoms with Gasteiger partial charge in [-0.1, -0.05) is 80.1 Å². The molecule has 3 heteroatoms. The topological polar surface area (TPSA) is 36.1 Å². The Bertz CT molecular complexity index is 1180. The molecule has 0 spiro atoms. The molecule has 0 saturated heterocycles. The second-order valence-corrected chi connectivity index (χ2v) is 7.67. The van der Waals surface area contributed by atoms with E-state index in [1.807, 2.05) is 24.3 Å². The summed E-state index contributed by atoms with van der Waals surface area (Å²) in [7, 11) is 0. The van der Waals surface area contributed by atoms with Crippen molar-refractivity contribution in [2.75, 3.05) is 6.54 Å². The Kier molecular flexibility index (Phi) is 4.44. The monoisotopic (exact) mass is 380 g/mol. The van der Waals surface area contributed by atoms with Crippen LogP contribution in [0.3, 0.4) is 0 Å². The number of amides is 1. The lowest BCUT2D eigenvalue weighted by atomic mass is 9.93. The summed E-state index contributed by atoms with van der Waals surface area (Å²) in [5.74, 6) is 0.142. The molecule has 3 nitrogen and oxygen atoms in total. The van der Waals surface area contributed by atoms with Gasteiger partial charge in [0.2, 0.25) is 0 Å². The summed E-state index contributed by atoms with van der Waals surface area (Å²) in [6.45, 7) is 2.94. The van der Waals surface area contributed by atoms with Crippen LogP contribution in [0, 0.1) is 0 Å². The Morgan fingerprint density at radius 1 is 0.897 bits per heavy atom. The fourth-order valence-corrected chi connectivity index (χ4v) is 4.52. The number of aromatic amines is 1. The summed E-state index contributed by atoms with van der Waals surface area (Å²) in [6, 6.07) is 26.8. The van der Waals surface area contributed by atoms with Gasteiger partial charge < -0.3 is 9.88 Å². The average Bonchev–Trinajstić information content (AvgIpc) is 3.28. The molecule has 1 atom stereocenters. The maximum atomic E-state index is 13.3. The number of H-pyrrole nitrogens is 1. The minimum atomic E-state index is -0.0726. The molecule has 0 fully saturated rings. The molecule has 1 amide bonds. The predicted molar refractivity (Wildman–Crippen MR) is 118 cm³/mol. The first-order chi connectivity index (χ1) is 14.3. The molecule has 144 valence electrons. The maximum Gasteiger partial charge on any atom is 0.255 e. The number of benzene rings is 3. The van der Waals surface area contributed by atoms with Crippen molar-refractivity contribution in [1.29, 1.82) is 0 Å². The zero-order valence-electron chi connectivity index (χ0n) is 16.6. The third kappa shape index (κ3) is 2.85. The van der Waals surface area contributed by atoms with Gasteiger partial charge in [-0.2, -0.15) is 0 Å². The standard InChI is InChI=1S/C26H24N2O/c1-2-3-17-28-25(19-13-7-8-14-20(19)26(28)29)23-21-15-9-10-16-22(21)27-24(23)18-11-5-4-6-12-18/h4-16,25,27H,2-3,17H2,1H3. The number of carbonyl (C=O) groups excluding carboxylic acids is 1. The van der Waals surface area contributed by atoms with E-state index in [4.69, 9.17) is 0 Å². The summed E-state index contributed by atoms with van der Waals surface area (Å²) in [6.07, 6.45) is 2.06. The van der Waals surface area contributed by atoms with E-state index in [0.29, 0.717) is 0 Å². The van der Waals surface area contributed by atoms with Crippen LogP contribution in [0.15, 0.2) is 78.9 Å². The van der Waals surface area contributed by atoms with Gasteiger partial charge in [-0.25, -0.2) is 0 Å². The van der Waals surface area contributed by atoms with Crippen LogP contribution in [0.2, 0.25) is 0 Å². The highest BCUT2D eigenvalue weighted by Crippen LogP contribution is 2.45. The van der Waals surface area contributed by atoms with Crippen molar-refractivity contribution in [3.05, 3.63) is 95.6 Å². The van der Waals surface area contributed by atoms with Crippen molar-refractivity contribution in [3.8, 4) is 11.3 Å². The van der Waals surface area contributed by atoms with E-state index in [0.717, 1.165) is 47.3 Å². The van der Waals surface area contributed by atoms with E-state index in [1.165, 1.54) is 10.9 Å². The molecule has 2 heterocycles. The summed E-state index contributed by atoms with van der Waals surface area (Å²) in [5, 5.41) is 1.18. The van der Waals surface area contributed by atoms with Crippen LogP contribution in [0.5, 0.6) is 0 Å². The van der Waals surface area contributed by atoms with E-state index in [2.05, 4.69) is 71.4 Å². The predicted octanol–water partition coefficient (Wildman–Crippen LogP) is 6.18. The third-order valence-electron chi connectivity index (χ3n) is 5.89. The number of para-hydroxylation sites is 1. The normalized spacial score (nSPS) is 15.8. The first-order valence-corrected chi connectivity index (χ1v) is 10.4. The zero-order chi connectivity index (χ0) is 19.8. The minimum Gasteiger partial charge on any atom is -0.354 e. The van der Waals surface area contributed by atoms with Gasteiger partial charge in [-0.3, -0.25) is 4.79 Å². The number of unbranched alkanes of at least 4 members (excludes halogenated alkanes) is 1. The van der Waals surface area contributed by atoms with Crippen molar-refractivity contribution in [3.63, 3.8) is 0 Å². The quantitative estimate of drug-likeness (QED) is 0.441. The van der Waals surface area contributed by atoms with Gasteiger partial charge in [0, 0.05) is 28.6 Å². The van der Waals surface area contributed by atoms with Crippen molar-refractivity contribution >= 4 is 16.8 Å². The van der Waals surface area contributed by atoms with Crippen molar-refractivity contribution in [2.45, 2.75) is 25.8 Å². The molecule has 4 aromatic rings. The molecular formula is C26H24N2O. The molecule has 1 N–H and O–H groups in total. The smallest absolute Gasteiger partial charge is 0.255 e. The highest BCUT2D eigenvalue weighted by atomic mass is 16.2. The number of nitrogens with zero attached hydrogens (tertiary/aromatic N) is 1. The minimum absolute atomic E-state index is 0.0726. The first kappa shape index (κ1) is 17.7. The van der Waals surface area contributed by atoms with Crippen molar-refractivity contribution in [2.24, 2.45) is 0 Å². The van der Waals surface area contributed by atoms with E-state index < -0.39 is 0 Å². The fourth-order valence-electron chi connectivity index (χ4n) is 4.52. The van der Waals surface area contributed by atoms with Gasteiger partial charge in [0.15, 0.2) is 0 Å². The number of aromatic nitrogens is 1. The highest BCUT2D eigenvalue weighted by molar-refractivity contribution is 6.02. The van der Waals surface area contributed by atoms with E-state index in [1.54, 1.807) is 0 Å². The van der Waals surface area contributed by atoms with Crippen LogP contribution >= 0.6 is 0 Å². The third-order valence-corrected chi connectivity index (χ3v) is 5.89. The number of hydrogen-bond acceptors (Lipinski definition) is 1. The number of rotatable bonds is 5. The largest absolute Gasteiger partial charge is 0.354 e. The van der Waals surface area contributed by atoms with Gasteiger partial charge in [-0.05, 0) is 29.7 Å². The first-order valence-electron chi connectivity index (χ1n) is 10.4. The molecule has 1 unspecified atom stereocenters. The molecule has 1 aliphatic rings. The molecular weight excluding hydrogens is 356 g/mol. The van der Waals surface area contributed by atoms with Crippen LogP contribution in [0.4, 0.5) is 0 Å². The van der Waals surface area contributed by atoms with Crippen LogP contribution in [0.1, 0.15) is 47.3 Å². The SMILES string of the molecule is CCCCN1C(=O)c2ccccc2C1c1c(-c2ccccc2)[nH]c2ccccc12. The number of nitrogens with one attached hydrogen (secondary N) is 1. The van der Waals surface area contributed by atoms with E-state index >= 15 is 0 Å². The molecule has 0 radical (unpaired) electrons. The summed E-state index contributed by atoms with van der Waals surface area (Å²) >= 11 is 0. The average molecular weight is 380 g/mol. The Hall–Kier alpha value is -3.33. The highest BCUT2D eigenvalue weighted by Gasteiger charge is 2.39. The molecule has 1 aromatic heterocycles. The van der Waals surface area contributed by atoms with Gasteiger partial charge in [0.05, 0.1) is 11.7 Å². The maximum absolute atomic E-state index is 13.3. The molecule has 1 aliphatic heterocycles. The molecule has 29 heavy (non-hydrogen) atoms. The Morgan fingerprint density at radius 3 is 2.45 bits per heavy atom. The van der Waals surface area contributed by atoms with Gasteiger partial charge in [0.25, 0.3) is 5.91 Å². The summed E-state index contributed by atoms with van der Waals surface area (Å²) < 4.78 is 0. The van der Waals surface area contributed by atoms with Crippen LogP contribution < -0.4 is 0 Å². The Balaban J connectivity index is 1.78. The zero-order valence-corrected chi connectivity index (χ0v) is 16.6. The number of fused-ring (bicyclic) bond motifs is 2. The molecule has 0 bridgehead atoms. The van der Waals surface area contributed by atoms with E-state index in [-0.39, 0.29) is 11.9 Å². The Labute approximate surface area is 171 Å². The lowest BCUT2D eigenvalue weighted by Gasteiger charge is -2.26. The summed E-state index contributed by atoms with van der Waals surface area (Å²) in [5.41, 5.74) is 6.48. The molecule has 3 aromatic carbocycles. The van der Waals surface area contributed by atoms with Crippen molar-refractivity contribution in [1.82, 2.24) is 9.88 Å². The van der Waals surface area contributed by atoms with Gasteiger partial charge in [-0.15, -0.1) is 0 Å². The van der Waals surface area contributed by atoms with Crippen LogP contribution in [-0.4, -0.2) is 22.3 Å². The van der Waals surface area contributed by atoms with Gasteiger partial charge in [0.1, 0.15) is 0 Å². The molecule has 5 rings (SSSR count). The van der Waals surface area contributed by atoms with Crippen LogP contribution in [-0.2, 0) is 0 Å². The van der Waals surface area contributed by atoms with E-state index in [9.17, 15) is 4.79 Å². The van der Waals surface area contributed by atoms with Crippen LogP contribution in [0.25, 0.3) is 22.2 Å². The lowest BCUT2D eigenvalue weighted by molar-refractivity contribution is 0.0748.